The zero-order valence-corrected chi connectivity index (χ0v) is 11.9. The van der Waals surface area contributed by atoms with Gasteiger partial charge >= 0.3 is 0 Å². The van der Waals surface area contributed by atoms with E-state index in [-0.39, 0.29) is 0 Å². The van der Waals surface area contributed by atoms with Crippen LogP contribution in [-0.4, -0.2) is 17.1 Å². The Bertz CT molecular complexity index is 318. The minimum Gasteiger partial charge on any atom is -0.351 e. The van der Waals surface area contributed by atoms with Crippen LogP contribution in [0.3, 0.4) is 0 Å². The molecule has 0 aromatic carbocycles. The third-order valence-corrected chi connectivity index (χ3v) is 3.42. The first-order valence-corrected chi connectivity index (χ1v) is 6.93. The van der Waals surface area contributed by atoms with Gasteiger partial charge in [-0.15, -0.1) is 0 Å². The molecule has 0 amide bonds. The van der Waals surface area contributed by atoms with Crippen molar-refractivity contribution in [3.8, 4) is 0 Å². The van der Waals surface area contributed by atoms with Crippen LogP contribution in [-0.2, 0) is 0 Å². The Morgan fingerprint density at radius 1 is 1.29 bits per heavy atom. The normalized spacial score (nSPS) is 23.2. The molecule has 2 atom stereocenters. The summed E-state index contributed by atoms with van der Waals surface area (Å²) in [6, 6.07) is 5.64. The summed E-state index contributed by atoms with van der Waals surface area (Å²) in [7, 11) is 0. The topological polar surface area (TPSA) is 16.1 Å². The van der Waals surface area contributed by atoms with Gasteiger partial charge in [-0.05, 0) is 44.7 Å². The molecule has 1 saturated heterocycles. The van der Waals surface area contributed by atoms with Crippen molar-refractivity contribution in [1.82, 2.24) is 4.98 Å². The van der Waals surface area contributed by atoms with Crippen LogP contribution >= 0.6 is 0 Å². The van der Waals surface area contributed by atoms with Crippen molar-refractivity contribution in [1.29, 1.82) is 0 Å². The highest BCUT2D eigenvalue weighted by Gasteiger charge is 2.29. The lowest BCUT2D eigenvalue weighted by molar-refractivity contribution is 0.621. The summed E-state index contributed by atoms with van der Waals surface area (Å²) in [6.07, 6.45) is 5.80. The predicted molar refractivity (Wildman–Crippen MR) is 75.6 cm³/mol. The van der Waals surface area contributed by atoms with Gasteiger partial charge in [-0.1, -0.05) is 26.8 Å². The zero-order chi connectivity index (χ0) is 12.8. The SMILES string of the molecule is CC.CCC1CCC(C)N1c1ccc(C)cn1. The van der Waals surface area contributed by atoms with Gasteiger partial charge in [-0.3, -0.25) is 0 Å². The highest BCUT2D eigenvalue weighted by atomic mass is 15.2. The van der Waals surface area contributed by atoms with Crippen LogP contribution in [0.2, 0.25) is 0 Å². The minimum absolute atomic E-state index is 0.644. The smallest absolute Gasteiger partial charge is 0.128 e. The molecule has 2 rings (SSSR count). The van der Waals surface area contributed by atoms with Crippen molar-refractivity contribution in [2.75, 3.05) is 4.90 Å². The monoisotopic (exact) mass is 234 g/mol. The second-order valence-electron chi connectivity index (χ2n) is 4.59. The highest BCUT2D eigenvalue weighted by Crippen LogP contribution is 2.30. The van der Waals surface area contributed by atoms with Crippen molar-refractivity contribution in [3.05, 3.63) is 23.9 Å². The lowest BCUT2D eigenvalue weighted by Gasteiger charge is -2.29. The zero-order valence-electron chi connectivity index (χ0n) is 11.9. The fraction of sp³-hybridized carbons (Fsp3) is 0.667. The van der Waals surface area contributed by atoms with Crippen molar-refractivity contribution in [3.63, 3.8) is 0 Å². The van der Waals surface area contributed by atoms with E-state index >= 15 is 0 Å². The van der Waals surface area contributed by atoms with E-state index in [1.165, 1.54) is 24.8 Å². The van der Waals surface area contributed by atoms with E-state index < -0.39 is 0 Å². The number of nitrogens with zero attached hydrogens (tertiary/aromatic N) is 2. The summed E-state index contributed by atoms with van der Waals surface area (Å²) in [6.45, 7) is 10.7. The quantitative estimate of drug-likeness (QED) is 0.763. The van der Waals surface area contributed by atoms with Gasteiger partial charge in [0.2, 0.25) is 0 Å². The van der Waals surface area contributed by atoms with Crippen LogP contribution in [0.25, 0.3) is 0 Å². The van der Waals surface area contributed by atoms with Crippen molar-refractivity contribution in [2.45, 2.75) is 66.0 Å². The van der Waals surface area contributed by atoms with E-state index in [1.807, 2.05) is 20.0 Å². The Labute approximate surface area is 106 Å². The second kappa shape index (κ2) is 6.63. The summed E-state index contributed by atoms with van der Waals surface area (Å²) < 4.78 is 0. The molecule has 96 valence electrons. The molecular weight excluding hydrogens is 208 g/mol. The maximum Gasteiger partial charge on any atom is 0.128 e. The van der Waals surface area contributed by atoms with E-state index in [4.69, 9.17) is 0 Å². The van der Waals surface area contributed by atoms with Gasteiger partial charge in [0.15, 0.2) is 0 Å². The molecule has 1 aliphatic rings. The average Bonchev–Trinajstić information content (AvgIpc) is 2.74. The fourth-order valence-electron chi connectivity index (χ4n) is 2.50. The molecule has 2 nitrogen and oxygen atoms in total. The standard InChI is InChI=1S/C13H20N2.C2H6/c1-4-12-7-6-11(3)15(12)13-8-5-10(2)9-14-13;1-2/h5,8-9,11-12H,4,6-7H2,1-3H3;1-2H3. The van der Waals surface area contributed by atoms with E-state index in [2.05, 4.69) is 42.8 Å². The van der Waals surface area contributed by atoms with Gasteiger partial charge in [0.25, 0.3) is 0 Å². The van der Waals surface area contributed by atoms with Crippen LogP contribution in [0.1, 0.15) is 52.5 Å². The van der Waals surface area contributed by atoms with E-state index in [0.717, 1.165) is 5.82 Å². The molecule has 2 heteroatoms. The molecule has 1 aliphatic heterocycles. The second-order valence-corrected chi connectivity index (χ2v) is 4.59. The number of rotatable bonds is 2. The number of hydrogen-bond donors (Lipinski definition) is 0. The molecule has 1 aromatic heterocycles. The lowest BCUT2D eigenvalue weighted by Crippen LogP contribution is -2.34. The van der Waals surface area contributed by atoms with Crippen molar-refractivity contribution < 1.29 is 0 Å². The Morgan fingerprint density at radius 2 is 2.00 bits per heavy atom. The summed E-state index contributed by atoms with van der Waals surface area (Å²) in [4.78, 5) is 7.02. The largest absolute Gasteiger partial charge is 0.351 e. The van der Waals surface area contributed by atoms with Gasteiger partial charge in [-0.2, -0.15) is 0 Å². The predicted octanol–water partition coefficient (Wildman–Crippen LogP) is 4.18. The van der Waals surface area contributed by atoms with Crippen LogP contribution in [0.15, 0.2) is 18.3 Å². The molecular formula is C15H26N2. The molecule has 1 fully saturated rings. The molecule has 0 bridgehead atoms. The fourth-order valence-corrected chi connectivity index (χ4v) is 2.50. The lowest BCUT2D eigenvalue weighted by atomic mass is 10.1. The van der Waals surface area contributed by atoms with E-state index in [0.29, 0.717) is 12.1 Å². The first kappa shape index (κ1) is 14.0. The van der Waals surface area contributed by atoms with Gasteiger partial charge in [0.1, 0.15) is 5.82 Å². The maximum absolute atomic E-state index is 4.53. The number of anilines is 1. The number of aryl methyl sites for hydroxylation is 1. The number of pyridine rings is 1. The number of hydrogen-bond acceptors (Lipinski definition) is 2. The first-order valence-electron chi connectivity index (χ1n) is 6.93. The first-order chi connectivity index (χ1) is 8.22. The van der Waals surface area contributed by atoms with Crippen molar-refractivity contribution >= 4 is 5.82 Å². The van der Waals surface area contributed by atoms with E-state index in [1.54, 1.807) is 0 Å². The Kier molecular flexibility index (Phi) is 5.46. The van der Waals surface area contributed by atoms with Gasteiger partial charge < -0.3 is 4.90 Å². The van der Waals surface area contributed by atoms with E-state index in [9.17, 15) is 0 Å². The summed E-state index contributed by atoms with van der Waals surface area (Å²) in [5, 5.41) is 0. The summed E-state index contributed by atoms with van der Waals surface area (Å²) >= 11 is 0. The summed E-state index contributed by atoms with van der Waals surface area (Å²) in [5.74, 6) is 1.15. The minimum atomic E-state index is 0.644. The third kappa shape index (κ3) is 3.21. The molecule has 0 N–H and O–H groups in total. The molecule has 0 spiro atoms. The molecule has 2 unspecified atom stereocenters. The molecule has 0 saturated carbocycles. The van der Waals surface area contributed by atoms with Crippen molar-refractivity contribution in [2.24, 2.45) is 0 Å². The molecule has 1 aromatic rings. The molecule has 0 aliphatic carbocycles. The molecule has 17 heavy (non-hydrogen) atoms. The molecule has 0 radical (unpaired) electrons. The third-order valence-electron chi connectivity index (χ3n) is 3.42. The van der Waals surface area contributed by atoms with Crippen LogP contribution in [0, 0.1) is 6.92 Å². The Morgan fingerprint density at radius 3 is 2.53 bits per heavy atom. The Hall–Kier alpha value is -1.05. The Balaban J connectivity index is 0.000000686. The highest BCUT2D eigenvalue weighted by molar-refractivity contribution is 5.43. The average molecular weight is 234 g/mol. The van der Waals surface area contributed by atoms with Crippen LogP contribution < -0.4 is 4.90 Å². The summed E-state index contributed by atoms with van der Waals surface area (Å²) in [5.41, 5.74) is 1.23. The van der Waals surface area contributed by atoms with Crippen LogP contribution in [0.5, 0.6) is 0 Å². The van der Waals surface area contributed by atoms with Gasteiger partial charge in [-0.25, -0.2) is 4.98 Å². The molecule has 2 heterocycles. The van der Waals surface area contributed by atoms with Crippen LogP contribution in [0.4, 0.5) is 5.82 Å². The van der Waals surface area contributed by atoms with Gasteiger partial charge in [0, 0.05) is 18.3 Å². The number of aromatic nitrogens is 1. The van der Waals surface area contributed by atoms with Gasteiger partial charge in [0.05, 0.1) is 0 Å². The maximum atomic E-state index is 4.53.